The van der Waals surface area contributed by atoms with Gasteiger partial charge in [0.2, 0.25) is 11.9 Å². The van der Waals surface area contributed by atoms with Crippen molar-refractivity contribution in [1.82, 2.24) is 29.5 Å². The van der Waals surface area contributed by atoms with E-state index in [1.54, 1.807) is 18.7 Å². The molecule has 0 radical (unpaired) electrons. The summed E-state index contributed by atoms with van der Waals surface area (Å²) in [5.74, 6) is 0.859. The molecule has 0 aliphatic carbocycles. The average Bonchev–Trinajstić information content (AvgIpc) is 3.26. The normalized spacial score (nSPS) is 13.7. The molecule has 154 valence electrons. The van der Waals surface area contributed by atoms with Crippen molar-refractivity contribution < 1.29 is 4.74 Å². The van der Waals surface area contributed by atoms with Gasteiger partial charge in [-0.2, -0.15) is 4.98 Å². The van der Waals surface area contributed by atoms with Crippen LogP contribution in [0.1, 0.15) is 13.8 Å². The predicted molar refractivity (Wildman–Crippen MR) is 116 cm³/mol. The molecule has 2 N–H and O–H groups in total. The maximum atomic E-state index is 5.65. The molecule has 5 rings (SSSR count). The van der Waals surface area contributed by atoms with Crippen LogP contribution in [0.2, 0.25) is 0 Å². The van der Waals surface area contributed by atoms with E-state index in [1.165, 1.54) is 0 Å². The lowest BCUT2D eigenvalue weighted by Crippen LogP contribution is -2.37. The number of rotatable bonds is 3. The molecule has 1 aliphatic heterocycles. The lowest BCUT2D eigenvalue weighted by atomic mass is 10.2. The molecule has 4 heterocycles. The van der Waals surface area contributed by atoms with E-state index in [0.717, 1.165) is 30.0 Å². The summed E-state index contributed by atoms with van der Waals surface area (Å²) >= 11 is 0. The molecule has 4 aromatic rings. The summed E-state index contributed by atoms with van der Waals surface area (Å²) in [7, 11) is 0. The van der Waals surface area contributed by atoms with Crippen LogP contribution in [-0.4, -0.2) is 55.8 Å². The van der Waals surface area contributed by atoms with Gasteiger partial charge in [-0.3, -0.25) is 4.57 Å². The molecule has 3 aromatic heterocycles. The fourth-order valence-corrected chi connectivity index (χ4v) is 3.23. The number of para-hydroxylation sites is 1. The van der Waals surface area contributed by atoms with E-state index in [4.69, 9.17) is 20.4 Å². The summed E-state index contributed by atoms with van der Waals surface area (Å²) in [5.41, 5.74) is 9.48. The van der Waals surface area contributed by atoms with Gasteiger partial charge in [0.25, 0.3) is 0 Å². The van der Waals surface area contributed by atoms with E-state index >= 15 is 0 Å². The number of nitrogens with two attached hydrogens (primary N) is 1. The number of hydrogen-bond donors (Lipinski definition) is 1. The van der Waals surface area contributed by atoms with Crippen LogP contribution in [-0.2, 0) is 4.74 Å². The molecule has 1 aromatic carbocycles. The maximum Gasteiger partial charge on any atom is 0.228 e. The zero-order valence-electron chi connectivity index (χ0n) is 17.1. The summed E-state index contributed by atoms with van der Waals surface area (Å²) in [6.07, 6.45) is 5.09. The number of imidazole rings is 1. The van der Waals surface area contributed by atoms with Crippen molar-refractivity contribution in [2.24, 2.45) is 0 Å². The van der Waals surface area contributed by atoms with E-state index in [2.05, 4.69) is 19.9 Å². The zero-order valence-corrected chi connectivity index (χ0v) is 17.1. The minimum Gasteiger partial charge on any atom is -0.378 e. The molecule has 9 heteroatoms. The van der Waals surface area contributed by atoms with Crippen molar-refractivity contribution >= 4 is 23.1 Å². The second-order valence-electron chi connectivity index (χ2n) is 6.42. The van der Waals surface area contributed by atoms with Gasteiger partial charge in [0.1, 0.15) is 17.5 Å². The number of morpholine rings is 1. The number of fused-ring (bicyclic) bond motifs is 1. The van der Waals surface area contributed by atoms with Crippen LogP contribution in [0.5, 0.6) is 0 Å². The summed E-state index contributed by atoms with van der Waals surface area (Å²) in [6, 6.07) is 9.99. The molecule has 0 saturated carbocycles. The van der Waals surface area contributed by atoms with Gasteiger partial charge in [0.05, 0.1) is 13.2 Å². The summed E-state index contributed by atoms with van der Waals surface area (Å²) in [4.78, 5) is 24.5. The highest BCUT2D eigenvalue weighted by atomic mass is 16.5. The molecule has 1 aliphatic rings. The first-order valence-electron chi connectivity index (χ1n) is 10.0. The Morgan fingerprint density at radius 3 is 2.33 bits per heavy atom. The monoisotopic (exact) mass is 404 g/mol. The molecule has 0 amide bonds. The summed E-state index contributed by atoms with van der Waals surface area (Å²) < 4.78 is 7.43. The van der Waals surface area contributed by atoms with Crippen molar-refractivity contribution in [3.63, 3.8) is 0 Å². The lowest BCUT2D eigenvalue weighted by Gasteiger charge is -2.27. The van der Waals surface area contributed by atoms with E-state index in [0.29, 0.717) is 30.4 Å². The van der Waals surface area contributed by atoms with Crippen LogP contribution in [0.3, 0.4) is 0 Å². The highest BCUT2D eigenvalue weighted by Gasteiger charge is 2.20. The molecule has 0 bridgehead atoms. The van der Waals surface area contributed by atoms with Gasteiger partial charge in [-0.25, -0.2) is 19.9 Å². The van der Waals surface area contributed by atoms with Gasteiger partial charge in [-0.1, -0.05) is 32.0 Å². The van der Waals surface area contributed by atoms with E-state index in [-0.39, 0.29) is 5.95 Å². The highest BCUT2D eigenvalue weighted by Crippen LogP contribution is 2.28. The quantitative estimate of drug-likeness (QED) is 0.555. The van der Waals surface area contributed by atoms with Crippen molar-refractivity contribution in [2.75, 3.05) is 36.9 Å². The lowest BCUT2D eigenvalue weighted by molar-refractivity contribution is 0.122. The zero-order chi connectivity index (χ0) is 20.9. The maximum absolute atomic E-state index is 5.65. The van der Waals surface area contributed by atoms with Crippen LogP contribution >= 0.6 is 0 Å². The average molecular weight is 404 g/mol. The molecule has 30 heavy (non-hydrogen) atoms. The topological polar surface area (TPSA) is 108 Å². The van der Waals surface area contributed by atoms with Crippen LogP contribution in [0, 0.1) is 0 Å². The van der Waals surface area contributed by atoms with Crippen LogP contribution in [0.15, 0.2) is 49.1 Å². The Morgan fingerprint density at radius 1 is 0.933 bits per heavy atom. The first kappa shape index (κ1) is 19.7. The standard InChI is InChI=1S/C19H18N8O.C2H6/c20-18-21-10-13(11-22-18)15-16-17(25-19(24-15)26-6-8-28-9-7-26)27(12-23-16)14-4-2-1-3-5-14;1-2/h1-5,10-12H,6-9H2,(H2,20,21,22);1-2H3. The van der Waals surface area contributed by atoms with Crippen LogP contribution in [0.25, 0.3) is 28.1 Å². The second-order valence-corrected chi connectivity index (χ2v) is 6.42. The number of hydrogen-bond acceptors (Lipinski definition) is 8. The first-order chi connectivity index (χ1) is 14.8. The Bertz CT molecular complexity index is 1110. The second kappa shape index (κ2) is 8.83. The Labute approximate surface area is 174 Å². The minimum absolute atomic E-state index is 0.220. The van der Waals surface area contributed by atoms with Crippen molar-refractivity contribution in [3.8, 4) is 16.9 Å². The molecular weight excluding hydrogens is 380 g/mol. The van der Waals surface area contributed by atoms with Crippen LogP contribution in [0.4, 0.5) is 11.9 Å². The first-order valence-corrected chi connectivity index (χ1v) is 10.0. The van der Waals surface area contributed by atoms with E-state index in [1.807, 2.05) is 48.7 Å². The Balaban J connectivity index is 0.00000106. The van der Waals surface area contributed by atoms with Crippen molar-refractivity contribution in [3.05, 3.63) is 49.1 Å². The molecule has 1 fully saturated rings. The Hall–Kier alpha value is -3.59. The largest absolute Gasteiger partial charge is 0.378 e. The number of benzene rings is 1. The number of ether oxygens (including phenoxy) is 1. The summed E-state index contributed by atoms with van der Waals surface area (Å²) in [5, 5.41) is 0. The van der Waals surface area contributed by atoms with Crippen molar-refractivity contribution in [1.29, 1.82) is 0 Å². The van der Waals surface area contributed by atoms with Gasteiger partial charge < -0.3 is 15.4 Å². The fourth-order valence-electron chi connectivity index (χ4n) is 3.23. The van der Waals surface area contributed by atoms with E-state index < -0.39 is 0 Å². The SMILES string of the molecule is CC.Nc1ncc(-c2nc(N3CCOCC3)nc3c2ncn3-c2ccccc2)cn1. The number of anilines is 2. The molecule has 0 spiro atoms. The summed E-state index contributed by atoms with van der Waals surface area (Å²) in [6.45, 7) is 6.78. The van der Waals surface area contributed by atoms with Gasteiger partial charge in [0, 0.05) is 36.7 Å². The van der Waals surface area contributed by atoms with Gasteiger partial charge in [-0.15, -0.1) is 0 Å². The third kappa shape index (κ3) is 3.79. The number of aromatic nitrogens is 6. The fraction of sp³-hybridized carbons (Fsp3) is 0.286. The molecule has 0 unspecified atom stereocenters. The molecule has 0 atom stereocenters. The van der Waals surface area contributed by atoms with E-state index in [9.17, 15) is 0 Å². The highest BCUT2D eigenvalue weighted by molar-refractivity contribution is 5.89. The van der Waals surface area contributed by atoms with Gasteiger partial charge >= 0.3 is 0 Å². The minimum atomic E-state index is 0.220. The number of nitrogens with zero attached hydrogens (tertiary/aromatic N) is 7. The van der Waals surface area contributed by atoms with Crippen LogP contribution < -0.4 is 10.6 Å². The predicted octanol–water partition coefficient (Wildman–Crippen LogP) is 2.72. The third-order valence-corrected chi connectivity index (χ3v) is 4.66. The molecular formula is C21H24N8O. The van der Waals surface area contributed by atoms with Gasteiger partial charge in [-0.05, 0) is 12.1 Å². The number of nitrogen functional groups attached to an aromatic ring is 1. The molecule has 1 saturated heterocycles. The molecule has 9 nitrogen and oxygen atoms in total. The third-order valence-electron chi connectivity index (χ3n) is 4.66. The Morgan fingerprint density at radius 2 is 1.63 bits per heavy atom. The smallest absolute Gasteiger partial charge is 0.228 e. The van der Waals surface area contributed by atoms with Crippen molar-refractivity contribution in [2.45, 2.75) is 13.8 Å². The Kier molecular flexibility index (Phi) is 5.80. The van der Waals surface area contributed by atoms with Gasteiger partial charge in [0.15, 0.2) is 5.65 Å².